The molecule has 1 aliphatic heterocycles. The van der Waals surface area contributed by atoms with Gasteiger partial charge in [0.2, 0.25) is 0 Å². The number of morpholine rings is 1. The highest BCUT2D eigenvalue weighted by molar-refractivity contribution is 6.08. The zero-order valence-electron chi connectivity index (χ0n) is 16.4. The molecule has 1 saturated heterocycles. The molecule has 4 rings (SSSR count). The number of nitrogens with one attached hydrogen (secondary N) is 1. The van der Waals surface area contributed by atoms with Crippen LogP contribution in [-0.2, 0) is 11.2 Å². The minimum Gasteiger partial charge on any atom is -0.378 e. The van der Waals surface area contributed by atoms with Crippen LogP contribution < -0.4 is 10.2 Å². The summed E-state index contributed by atoms with van der Waals surface area (Å²) < 4.78 is 5.41. The predicted molar refractivity (Wildman–Crippen MR) is 113 cm³/mol. The van der Waals surface area contributed by atoms with Gasteiger partial charge in [-0.25, -0.2) is 0 Å². The second kappa shape index (κ2) is 7.98. The van der Waals surface area contributed by atoms with Crippen LogP contribution >= 0.6 is 0 Å². The van der Waals surface area contributed by atoms with E-state index in [-0.39, 0.29) is 5.91 Å². The number of ether oxygens (including phenoxy) is 1. The fourth-order valence-corrected chi connectivity index (χ4v) is 3.77. The Bertz CT molecular complexity index is 993. The molecule has 0 spiro atoms. The lowest BCUT2D eigenvalue weighted by Crippen LogP contribution is -2.36. The van der Waals surface area contributed by atoms with E-state index in [2.05, 4.69) is 10.2 Å². The molecule has 3 aromatic rings. The number of rotatable bonds is 4. The molecule has 1 N–H and O–H groups in total. The third-order valence-electron chi connectivity index (χ3n) is 5.29. The minimum atomic E-state index is -0.105. The van der Waals surface area contributed by atoms with Crippen LogP contribution in [0.5, 0.6) is 0 Å². The van der Waals surface area contributed by atoms with Crippen LogP contribution in [0.1, 0.15) is 28.5 Å². The molecule has 2 aromatic carbocycles. The number of benzene rings is 2. The second-order valence-electron chi connectivity index (χ2n) is 7.03. The van der Waals surface area contributed by atoms with Crippen molar-refractivity contribution in [1.29, 1.82) is 0 Å². The standard InChI is InChI=1S/C23H25N3O2/c1-3-20-22(16(2)19-6-4-5-7-21(19)25-20)23(27)24-17-8-10-18(11-9-17)26-12-14-28-15-13-26/h4-11H,3,12-15H2,1-2H3,(H,24,27). The molecule has 2 heterocycles. The number of anilines is 2. The topological polar surface area (TPSA) is 54.5 Å². The summed E-state index contributed by atoms with van der Waals surface area (Å²) in [6.07, 6.45) is 0.713. The molecule has 0 unspecified atom stereocenters. The fraction of sp³-hybridized carbons (Fsp3) is 0.304. The maximum Gasteiger partial charge on any atom is 0.257 e. The van der Waals surface area contributed by atoms with Crippen LogP contribution in [0.3, 0.4) is 0 Å². The number of pyridine rings is 1. The van der Waals surface area contributed by atoms with Crippen molar-refractivity contribution in [3.63, 3.8) is 0 Å². The van der Waals surface area contributed by atoms with Crippen molar-refractivity contribution in [2.45, 2.75) is 20.3 Å². The quantitative estimate of drug-likeness (QED) is 0.743. The Balaban J connectivity index is 1.59. The summed E-state index contributed by atoms with van der Waals surface area (Å²) >= 11 is 0. The van der Waals surface area contributed by atoms with Gasteiger partial charge in [0.05, 0.1) is 30.0 Å². The summed E-state index contributed by atoms with van der Waals surface area (Å²) in [6, 6.07) is 16.0. The number of fused-ring (bicyclic) bond motifs is 1. The molecule has 0 saturated carbocycles. The second-order valence-corrected chi connectivity index (χ2v) is 7.03. The fourth-order valence-electron chi connectivity index (χ4n) is 3.77. The third-order valence-corrected chi connectivity index (χ3v) is 5.29. The zero-order chi connectivity index (χ0) is 19.5. The molecule has 5 nitrogen and oxygen atoms in total. The lowest BCUT2D eigenvalue weighted by molar-refractivity contribution is 0.102. The monoisotopic (exact) mass is 375 g/mol. The van der Waals surface area contributed by atoms with E-state index in [4.69, 9.17) is 9.72 Å². The van der Waals surface area contributed by atoms with Gasteiger partial charge in [0, 0.05) is 29.9 Å². The van der Waals surface area contributed by atoms with Crippen molar-refractivity contribution in [3.8, 4) is 0 Å². The van der Waals surface area contributed by atoms with Gasteiger partial charge in [-0.1, -0.05) is 25.1 Å². The van der Waals surface area contributed by atoms with E-state index >= 15 is 0 Å². The highest BCUT2D eigenvalue weighted by atomic mass is 16.5. The van der Waals surface area contributed by atoms with Crippen LogP contribution in [0.2, 0.25) is 0 Å². The number of hydrogen-bond acceptors (Lipinski definition) is 4. The van der Waals surface area contributed by atoms with Gasteiger partial charge < -0.3 is 15.0 Å². The van der Waals surface area contributed by atoms with Gasteiger partial charge in [-0.15, -0.1) is 0 Å². The Hall–Kier alpha value is -2.92. The van der Waals surface area contributed by atoms with E-state index in [0.717, 1.165) is 59.8 Å². The first kappa shape index (κ1) is 18.4. The maximum absolute atomic E-state index is 13.1. The van der Waals surface area contributed by atoms with Gasteiger partial charge in [0.15, 0.2) is 0 Å². The Kier molecular flexibility index (Phi) is 5.26. The SMILES string of the molecule is CCc1nc2ccccc2c(C)c1C(=O)Nc1ccc(N2CCOCC2)cc1. The lowest BCUT2D eigenvalue weighted by atomic mass is 9.99. The van der Waals surface area contributed by atoms with E-state index in [9.17, 15) is 4.79 Å². The number of aryl methyl sites for hydroxylation is 2. The summed E-state index contributed by atoms with van der Waals surface area (Å²) in [5.41, 5.74) is 5.36. The molecule has 0 aliphatic carbocycles. The van der Waals surface area contributed by atoms with Crippen molar-refractivity contribution in [2.24, 2.45) is 0 Å². The van der Waals surface area contributed by atoms with Crippen molar-refractivity contribution < 1.29 is 9.53 Å². The first-order valence-electron chi connectivity index (χ1n) is 9.79. The highest BCUT2D eigenvalue weighted by Gasteiger charge is 2.18. The predicted octanol–water partition coefficient (Wildman–Crippen LogP) is 4.19. The molecular weight excluding hydrogens is 350 g/mol. The number of para-hydroxylation sites is 1. The van der Waals surface area contributed by atoms with Crippen molar-refractivity contribution >= 4 is 28.2 Å². The van der Waals surface area contributed by atoms with Gasteiger partial charge in [-0.2, -0.15) is 0 Å². The van der Waals surface area contributed by atoms with Gasteiger partial charge in [0.25, 0.3) is 5.91 Å². The first-order valence-corrected chi connectivity index (χ1v) is 9.79. The first-order chi connectivity index (χ1) is 13.7. The van der Waals surface area contributed by atoms with Crippen LogP contribution in [0, 0.1) is 6.92 Å². The molecule has 1 amide bonds. The summed E-state index contributed by atoms with van der Waals surface area (Å²) in [5, 5.41) is 4.07. The van der Waals surface area contributed by atoms with Crippen LogP contribution in [0.15, 0.2) is 48.5 Å². The van der Waals surface area contributed by atoms with E-state index < -0.39 is 0 Å². The summed E-state index contributed by atoms with van der Waals surface area (Å²) in [4.78, 5) is 20.1. The average molecular weight is 375 g/mol. The van der Waals surface area contributed by atoms with Crippen molar-refractivity contribution in [1.82, 2.24) is 4.98 Å². The highest BCUT2D eigenvalue weighted by Crippen LogP contribution is 2.25. The summed E-state index contributed by atoms with van der Waals surface area (Å²) in [7, 11) is 0. The number of amides is 1. The van der Waals surface area contributed by atoms with Gasteiger partial charge in [-0.05, 0) is 49.2 Å². The van der Waals surface area contributed by atoms with E-state index in [1.54, 1.807) is 0 Å². The number of nitrogens with zero attached hydrogens (tertiary/aromatic N) is 2. The molecule has 1 fully saturated rings. The van der Waals surface area contributed by atoms with Gasteiger partial charge >= 0.3 is 0 Å². The Morgan fingerprint density at radius 1 is 1.11 bits per heavy atom. The summed E-state index contributed by atoms with van der Waals surface area (Å²) in [6.45, 7) is 7.34. The smallest absolute Gasteiger partial charge is 0.257 e. The van der Waals surface area contributed by atoms with Gasteiger partial charge in [-0.3, -0.25) is 9.78 Å². The number of aromatic nitrogens is 1. The Morgan fingerprint density at radius 2 is 1.82 bits per heavy atom. The number of hydrogen-bond donors (Lipinski definition) is 1. The van der Waals surface area contributed by atoms with Crippen molar-refractivity contribution in [3.05, 3.63) is 65.4 Å². The largest absolute Gasteiger partial charge is 0.378 e. The van der Waals surface area contributed by atoms with Crippen LogP contribution in [0.25, 0.3) is 10.9 Å². The maximum atomic E-state index is 13.1. The van der Waals surface area contributed by atoms with Gasteiger partial charge in [0.1, 0.15) is 0 Å². The van der Waals surface area contributed by atoms with E-state index in [1.807, 2.05) is 62.4 Å². The van der Waals surface area contributed by atoms with E-state index in [0.29, 0.717) is 12.0 Å². The lowest BCUT2D eigenvalue weighted by Gasteiger charge is -2.28. The molecule has 0 bridgehead atoms. The molecule has 0 radical (unpaired) electrons. The molecule has 28 heavy (non-hydrogen) atoms. The zero-order valence-corrected chi connectivity index (χ0v) is 16.4. The Morgan fingerprint density at radius 3 is 2.54 bits per heavy atom. The minimum absolute atomic E-state index is 0.105. The number of carbonyl (C=O) groups is 1. The van der Waals surface area contributed by atoms with Crippen LogP contribution in [-0.4, -0.2) is 37.2 Å². The molecule has 0 atom stereocenters. The molecule has 1 aromatic heterocycles. The molecule has 1 aliphatic rings. The van der Waals surface area contributed by atoms with Crippen molar-refractivity contribution in [2.75, 3.05) is 36.5 Å². The Labute approximate surface area is 165 Å². The summed E-state index contributed by atoms with van der Waals surface area (Å²) in [5.74, 6) is -0.105. The third kappa shape index (κ3) is 3.58. The number of carbonyl (C=O) groups excluding carboxylic acids is 1. The van der Waals surface area contributed by atoms with E-state index in [1.165, 1.54) is 0 Å². The molecule has 5 heteroatoms. The van der Waals surface area contributed by atoms with Crippen LogP contribution in [0.4, 0.5) is 11.4 Å². The average Bonchev–Trinajstić information content (AvgIpc) is 2.74. The molecular formula is C23H25N3O2. The molecule has 144 valence electrons. The normalized spacial score (nSPS) is 14.3.